The van der Waals surface area contributed by atoms with Crippen molar-refractivity contribution < 1.29 is 0 Å². The Morgan fingerprint density at radius 3 is 2.70 bits per heavy atom. The highest BCUT2D eigenvalue weighted by atomic mass is 16.2. The van der Waals surface area contributed by atoms with Gasteiger partial charge in [0.15, 0.2) is 5.65 Å². The second-order valence-electron chi connectivity index (χ2n) is 7.89. The van der Waals surface area contributed by atoms with Gasteiger partial charge in [0, 0.05) is 19.0 Å². The molecule has 1 N–H and O–H groups in total. The van der Waals surface area contributed by atoms with Crippen molar-refractivity contribution in [3.05, 3.63) is 26.7 Å². The van der Waals surface area contributed by atoms with Crippen molar-refractivity contribution in [2.24, 2.45) is 24.8 Å². The van der Waals surface area contributed by atoms with Crippen LogP contribution in [0.25, 0.3) is 11.2 Å². The molecule has 6 rings (SSSR count). The van der Waals surface area contributed by atoms with Crippen LogP contribution in [0.4, 0.5) is 0 Å². The number of aromatic nitrogens is 4. The van der Waals surface area contributed by atoms with Crippen LogP contribution in [0.15, 0.2) is 9.59 Å². The maximum absolute atomic E-state index is 12.5. The lowest BCUT2D eigenvalue weighted by Gasteiger charge is -2.51. The monoisotopic (exact) mass is 314 g/mol. The van der Waals surface area contributed by atoms with Gasteiger partial charge in [0.05, 0.1) is 0 Å². The molecule has 0 spiro atoms. The van der Waals surface area contributed by atoms with E-state index in [4.69, 9.17) is 4.98 Å². The average Bonchev–Trinajstić information content (AvgIpc) is 3.18. The Hall–Kier alpha value is -1.85. The molecular weight excluding hydrogens is 292 g/mol. The Bertz CT molecular complexity index is 928. The topological polar surface area (TPSA) is 72.7 Å². The summed E-state index contributed by atoms with van der Waals surface area (Å²) in [5, 5.41) is 0. The van der Waals surface area contributed by atoms with Gasteiger partial charge in [0.2, 0.25) is 0 Å². The molecule has 2 bridgehead atoms. The molecule has 122 valence electrons. The van der Waals surface area contributed by atoms with E-state index in [0.29, 0.717) is 17.7 Å². The Morgan fingerprint density at radius 1 is 1.26 bits per heavy atom. The van der Waals surface area contributed by atoms with Crippen LogP contribution in [-0.2, 0) is 19.0 Å². The third-order valence-corrected chi connectivity index (χ3v) is 6.47. The second-order valence-corrected chi connectivity index (χ2v) is 7.89. The van der Waals surface area contributed by atoms with Crippen molar-refractivity contribution >= 4 is 11.2 Å². The molecule has 0 saturated heterocycles. The number of aromatic amines is 1. The van der Waals surface area contributed by atoms with Crippen LogP contribution >= 0.6 is 0 Å². The van der Waals surface area contributed by atoms with Gasteiger partial charge in [0.25, 0.3) is 5.56 Å². The fourth-order valence-electron chi connectivity index (χ4n) is 5.20. The molecule has 4 fully saturated rings. The van der Waals surface area contributed by atoms with Gasteiger partial charge in [-0.3, -0.25) is 13.9 Å². The van der Waals surface area contributed by atoms with Gasteiger partial charge in [0.1, 0.15) is 11.3 Å². The molecule has 2 heterocycles. The van der Waals surface area contributed by atoms with Crippen LogP contribution in [0.2, 0.25) is 0 Å². The molecule has 4 saturated carbocycles. The first-order chi connectivity index (χ1) is 11.0. The molecule has 2 atom stereocenters. The predicted octanol–water partition coefficient (Wildman–Crippen LogP) is 1.52. The fraction of sp³-hybridized carbons (Fsp3) is 0.706. The van der Waals surface area contributed by atoms with Gasteiger partial charge in [-0.15, -0.1) is 0 Å². The predicted molar refractivity (Wildman–Crippen MR) is 86.5 cm³/mol. The van der Waals surface area contributed by atoms with E-state index in [1.54, 1.807) is 11.6 Å². The lowest BCUT2D eigenvalue weighted by atomic mass is 9.54. The van der Waals surface area contributed by atoms with Gasteiger partial charge in [-0.05, 0) is 49.9 Å². The molecule has 6 heteroatoms. The molecule has 6 nitrogen and oxygen atoms in total. The smallest absolute Gasteiger partial charge is 0.332 e. The number of rotatable bonds is 3. The summed E-state index contributed by atoms with van der Waals surface area (Å²) in [4.78, 5) is 33.0. The lowest BCUT2D eigenvalue weighted by Crippen LogP contribution is -2.47. The number of hydrogen-bond acceptors (Lipinski definition) is 3. The van der Waals surface area contributed by atoms with Gasteiger partial charge in [-0.1, -0.05) is 6.92 Å². The lowest BCUT2D eigenvalue weighted by molar-refractivity contribution is 0.0533. The Morgan fingerprint density at radius 2 is 2.00 bits per heavy atom. The van der Waals surface area contributed by atoms with E-state index in [1.807, 2.05) is 6.92 Å². The van der Waals surface area contributed by atoms with Gasteiger partial charge in [-0.25, -0.2) is 9.78 Å². The van der Waals surface area contributed by atoms with E-state index in [9.17, 15) is 9.59 Å². The second kappa shape index (κ2) is 4.16. The summed E-state index contributed by atoms with van der Waals surface area (Å²) in [7, 11) is 1.55. The summed E-state index contributed by atoms with van der Waals surface area (Å²) < 4.78 is 2.84. The zero-order chi connectivity index (χ0) is 15.9. The zero-order valence-corrected chi connectivity index (χ0v) is 13.6. The third-order valence-electron chi connectivity index (χ3n) is 6.47. The summed E-state index contributed by atoms with van der Waals surface area (Å²) >= 11 is 0. The summed E-state index contributed by atoms with van der Waals surface area (Å²) in [6.07, 6.45) is 5.83. The molecule has 0 aliphatic heterocycles. The van der Waals surface area contributed by atoms with Crippen molar-refractivity contribution in [3.63, 3.8) is 0 Å². The van der Waals surface area contributed by atoms with Crippen molar-refractivity contribution in [1.29, 1.82) is 0 Å². The van der Waals surface area contributed by atoms with E-state index >= 15 is 0 Å². The summed E-state index contributed by atoms with van der Waals surface area (Å²) in [6, 6.07) is 0. The Labute approximate surface area is 133 Å². The minimum atomic E-state index is -0.266. The Kier molecular flexibility index (Phi) is 2.46. The van der Waals surface area contributed by atoms with Crippen LogP contribution in [0.5, 0.6) is 0 Å². The molecule has 0 unspecified atom stereocenters. The molecular formula is C17H22N4O2. The van der Waals surface area contributed by atoms with Crippen LogP contribution in [0.3, 0.4) is 0 Å². The minimum Gasteiger partial charge on any atom is -0.336 e. The van der Waals surface area contributed by atoms with E-state index in [-0.39, 0.29) is 16.7 Å². The first kappa shape index (κ1) is 13.6. The summed E-state index contributed by atoms with van der Waals surface area (Å²) in [6.45, 7) is 2.62. The molecule has 4 aliphatic carbocycles. The number of nitrogens with zero attached hydrogens (tertiary/aromatic N) is 3. The summed E-state index contributed by atoms with van der Waals surface area (Å²) in [5.41, 5.74) is 0.650. The first-order valence-electron chi connectivity index (χ1n) is 8.74. The van der Waals surface area contributed by atoms with E-state index in [1.165, 1.54) is 30.3 Å². The van der Waals surface area contributed by atoms with Gasteiger partial charge >= 0.3 is 5.69 Å². The third kappa shape index (κ3) is 1.61. The molecule has 0 aromatic carbocycles. The normalized spacial score (nSPS) is 34.3. The SMILES string of the molecule is CCCn1c(=O)n(C)c(=O)c2[nH]c([C@]34C[C@H]5C[C@H]5[C@H](C3)C4)nc21. The van der Waals surface area contributed by atoms with Crippen LogP contribution < -0.4 is 11.2 Å². The number of nitrogens with one attached hydrogen (secondary N) is 1. The highest BCUT2D eigenvalue weighted by Crippen LogP contribution is 2.69. The van der Waals surface area contributed by atoms with Crippen molar-refractivity contribution in [2.75, 3.05) is 0 Å². The van der Waals surface area contributed by atoms with Crippen molar-refractivity contribution in [3.8, 4) is 0 Å². The van der Waals surface area contributed by atoms with E-state index < -0.39 is 0 Å². The van der Waals surface area contributed by atoms with Gasteiger partial charge in [-0.2, -0.15) is 0 Å². The molecule has 0 radical (unpaired) electrons. The number of hydrogen-bond donors (Lipinski definition) is 1. The number of imidazole rings is 1. The number of fused-ring (bicyclic) bond motifs is 1. The van der Waals surface area contributed by atoms with Crippen LogP contribution in [-0.4, -0.2) is 19.1 Å². The van der Waals surface area contributed by atoms with Gasteiger partial charge < -0.3 is 4.98 Å². The molecule has 2 aromatic rings. The maximum Gasteiger partial charge on any atom is 0.332 e. The Balaban J connectivity index is 1.70. The highest BCUT2D eigenvalue weighted by Gasteiger charge is 2.63. The average molecular weight is 314 g/mol. The molecule has 0 amide bonds. The first-order valence-corrected chi connectivity index (χ1v) is 8.74. The number of H-pyrrole nitrogens is 1. The van der Waals surface area contributed by atoms with Crippen molar-refractivity contribution in [1.82, 2.24) is 19.1 Å². The molecule has 4 aliphatic rings. The van der Waals surface area contributed by atoms with Crippen molar-refractivity contribution in [2.45, 2.75) is 51.0 Å². The quantitative estimate of drug-likeness (QED) is 0.933. The summed E-state index contributed by atoms with van der Waals surface area (Å²) in [5.74, 6) is 3.65. The minimum absolute atomic E-state index is 0.138. The van der Waals surface area contributed by atoms with E-state index in [0.717, 1.165) is 30.0 Å². The van der Waals surface area contributed by atoms with E-state index in [2.05, 4.69) is 4.98 Å². The molecule has 2 aromatic heterocycles. The molecule has 23 heavy (non-hydrogen) atoms. The highest BCUT2D eigenvalue weighted by molar-refractivity contribution is 5.70. The fourth-order valence-corrected chi connectivity index (χ4v) is 5.20. The standard InChI is InChI=1S/C17H22N4O2/c1-3-4-21-13-12(14(22)20(2)16(21)23)18-15(19-13)17-6-9-5-11(9)10(7-17)8-17/h9-11H,3-8H2,1-2H3,(H,18,19)/t9-,10-,11-,17-/m1/s1. The largest absolute Gasteiger partial charge is 0.336 e. The number of aryl methyl sites for hydroxylation is 1. The zero-order valence-electron chi connectivity index (χ0n) is 13.6. The van der Waals surface area contributed by atoms with Crippen LogP contribution in [0, 0.1) is 17.8 Å². The van der Waals surface area contributed by atoms with Crippen LogP contribution in [0.1, 0.15) is 44.9 Å². The maximum atomic E-state index is 12.5.